The second-order valence-corrected chi connectivity index (χ2v) is 4.62. The number of piperidine rings is 1. The Morgan fingerprint density at radius 3 is 2.78 bits per heavy atom. The van der Waals surface area contributed by atoms with Gasteiger partial charge in [0, 0.05) is 13.1 Å². The van der Waals surface area contributed by atoms with Crippen molar-refractivity contribution in [3.8, 4) is 5.88 Å². The Morgan fingerprint density at radius 1 is 1.44 bits per heavy atom. The van der Waals surface area contributed by atoms with Crippen LogP contribution in [0.4, 0.5) is 5.82 Å². The Balaban J connectivity index is 2.09. The average Bonchev–Trinajstić information content (AvgIpc) is 2.41. The highest BCUT2D eigenvalue weighted by atomic mass is 16.5. The number of hydrogen-bond acceptors (Lipinski definition) is 6. The molecule has 0 atom stereocenters. The maximum absolute atomic E-state index is 5.99. The van der Waals surface area contributed by atoms with Crippen molar-refractivity contribution < 1.29 is 4.74 Å². The monoisotopic (exact) mass is 251 g/mol. The van der Waals surface area contributed by atoms with Gasteiger partial charge in [0.15, 0.2) is 0 Å². The molecule has 3 N–H and O–H groups in total. The summed E-state index contributed by atoms with van der Waals surface area (Å²) in [6.07, 6.45) is 4.59. The fraction of sp³-hybridized carbons (Fsp3) is 0.667. The Bertz CT molecular complexity index is 390. The number of rotatable bonds is 4. The Kier molecular flexibility index (Phi) is 4.33. The van der Waals surface area contributed by atoms with Gasteiger partial charge in [-0.15, -0.1) is 0 Å². The highest BCUT2D eigenvalue weighted by molar-refractivity contribution is 5.47. The number of hydrazine groups is 1. The maximum atomic E-state index is 5.99. The topological polar surface area (TPSA) is 76.3 Å². The van der Waals surface area contributed by atoms with E-state index in [0.29, 0.717) is 11.7 Å². The summed E-state index contributed by atoms with van der Waals surface area (Å²) in [5.41, 5.74) is 3.54. The van der Waals surface area contributed by atoms with Gasteiger partial charge in [-0.05, 0) is 26.3 Å². The summed E-state index contributed by atoms with van der Waals surface area (Å²) in [6, 6.07) is 0. The fourth-order valence-corrected chi connectivity index (χ4v) is 2.20. The van der Waals surface area contributed by atoms with Crippen LogP contribution < -0.4 is 16.0 Å². The smallest absolute Gasteiger partial charge is 0.222 e. The number of nitrogens with two attached hydrogens (primary N) is 1. The normalized spacial score (nSPS) is 17.7. The Morgan fingerprint density at radius 2 is 2.17 bits per heavy atom. The molecule has 1 fully saturated rings. The second-order valence-electron chi connectivity index (χ2n) is 4.62. The molecule has 6 nitrogen and oxygen atoms in total. The van der Waals surface area contributed by atoms with Gasteiger partial charge >= 0.3 is 0 Å². The number of nitrogen functional groups attached to an aromatic ring is 1. The molecule has 1 aromatic rings. The molecule has 100 valence electrons. The SMILES string of the molecule is CCc1c(NN)ncnc1OC1CCN(C)CC1. The molecular formula is C12H21N5O. The van der Waals surface area contributed by atoms with Crippen LogP contribution in [0, 0.1) is 0 Å². The first kappa shape index (κ1) is 13.0. The van der Waals surface area contributed by atoms with E-state index in [-0.39, 0.29) is 6.10 Å². The van der Waals surface area contributed by atoms with Crippen molar-refractivity contribution in [2.75, 3.05) is 25.6 Å². The molecule has 0 saturated carbocycles. The summed E-state index contributed by atoms with van der Waals surface area (Å²) in [5.74, 6) is 6.75. The number of anilines is 1. The van der Waals surface area contributed by atoms with E-state index in [1.165, 1.54) is 6.33 Å². The van der Waals surface area contributed by atoms with Crippen LogP contribution in [0.5, 0.6) is 5.88 Å². The molecule has 0 bridgehead atoms. The van der Waals surface area contributed by atoms with E-state index in [0.717, 1.165) is 37.9 Å². The Hall–Kier alpha value is -1.40. The number of ether oxygens (including phenoxy) is 1. The minimum absolute atomic E-state index is 0.243. The molecule has 18 heavy (non-hydrogen) atoms. The molecule has 1 saturated heterocycles. The number of nitrogens with one attached hydrogen (secondary N) is 1. The van der Waals surface area contributed by atoms with E-state index >= 15 is 0 Å². The van der Waals surface area contributed by atoms with Crippen LogP contribution in [-0.2, 0) is 6.42 Å². The summed E-state index contributed by atoms with van der Waals surface area (Å²) in [5, 5.41) is 0. The minimum atomic E-state index is 0.243. The van der Waals surface area contributed by atoms with Crippen LogP contribution in [0.25, 0.3) is 0 Å². The predicted molar refractivity (Wildman–Crippen MR) is 70.4 cm³/mol. The zero-order valence-electron chi connectivity index (χ0n) is 11.0. The third kappa shape index (κ3) is 2.88. The van der Waals surface area contributed by atoms with E-state index < -0.39 is 0 Å². The number of nitrogens with zero attached hydrogens (tertiary/aromatic N) is 3. The molecule has 0 unspecified atom stereocenters. The molecular weight excluding hydrogens is 230 g/mol. The third-order valence-corrected chi connectivity index (χ3v) is 3.34. The molecule has 0 amide bonds. The molecule has 2 heterocycles. The molecule has 0 spiro atoms. The summed E-state index contributed by atoms with van der Waals surface area (Å²) in [6.45, 7) is 4.18. The first-order valence-electron chi connectivity index (χ1n) is 6.40. The summed E-state index contributed by atoms with van der Waals surface area (Å²) in [7, 11) is 2.13. The fourth-order valence-electron chi connectivity index (χ4n) is 2.20. The molecule has 0 radical (unpaired) electrons. The molecule has 0 aliphatic carbocycles. The van der Waals surface area contributed by atoms with Gasteiger partial charge in [-0.2, -0.15) is 0 Å². The molecule has 0 aromatic carbocycles. The van der Waals surface area contributed by atoms with Gasteiger partial charge in [-0.25, -0.2) is 15.8 Å². The van der Waals surface area contributed by atoms with Crippen LogP contribution in [-0.4, -0.2) is 41.1 Å². The van der Waals surface area contributed by atoms with Crippen LogP contribution in [0.2, 0.25) is 0 Å². The van der Waals surface area contributed by atoms with Crippen LogP contribution in [0.3, 0.4) is 0 Å². The quantitative estimate of drug-likeness (QED) is 0.609. The van der Waals surface area contributed by atoms with Gasteiger partial charge in [0.05, 0.1) is 5.56 Å². The largest absolute Gasteiger partial charge is 0.474 e. The van der Waals surface area contributed by atoms with Crippen molar-refractivity contribution in [1.29, 1.82) is 0 Å². The lowest BCUT2D eigenvalue weighted by atomic mass is 10.1. The van der Waals surface area contributed by atoms with E-state index in [2.05, 4.69) is 27.3 Å². The molecule has 1 aromatic heterocycles. The second kappa shape index (κ2) is 5.97. The van der Waals surface area contributed by atoms with Crippen molar-refractivity contribution in [2.45, 2.75) is 32.3 Å². The lowest BCUT2D eigenvalue weighted by molar-refractivity contribution is 0.109. The molecule has 1 aliphatic heterocycles. The van der Waals surface area contributed by atoms with Crippen LogP contribution in [0.1, 0.15) is 25.3 Å². The standard InChI is InChI=1S/C12H21N5O/c1-3-10-11(16-13)14-8-15-12(10)18-9-4-6-17(2)7-5-9/h8-9H,3-7,13H2,1-2H3,(H,14,15,16). The minimum Gasteiger partial charge on any atom is -0.474 e. The van der Waals surface area contributed by atoms with Crippen LogP contribution in [0.15, 0.2) is 6.33 Å². The van der Waals surface area contributed by atoms with Gasteiger partial charge in [0.2, 0.25) is 5.88 Å². The van der Waals surface area contributed by atoms with Crippen molar-refractivity contribution >= 4 is 5.82 Å². The van der Waals surface area contributed by atoms with Gasteiger partial charge in [0.1, 0.15) is 18.2 Å². The lowest BCUT2D eigenvalue weighted by Gasteiger charge is -2.29. The van der Waals surface area contributed by atoms with Crippen LogP contribution >= 0.6 is 0 Å². The third-order valence-electron chi connectivity index (χ3n) is 3.34. The molecule has 2 rings (SSSR count). The average molecular weight is 251 g/mol. The zero-order chi connectivity index (χ0) is 13.0. The number of hydrogen-bond donors (Lipinski definition) is 2. The van der Waals surface area contributed by atoms with E-state index in [9.17, 15) is 0 Å². The maximum Gasteiger partial charge on any atom is 0.222 e. The van der Waals surface area contributed by atoms with E-state index in [1.54, 1.807) is 0 Å². The van der Waals surface area contributed by atoms with Gasteiger partial charge in [-0.3, -0.25) is 0 Å². The highest BCUT2D eigenvalue weighted by Gasteiger charge is 2.20. The van der Waals surface area contributed by atoms with E-state index in [1.807, 2.05) is 6.92 Å². The zero-order valence-corrected chi connectivity index (χ0v) is 11.0. The molecule has 1 aliphatic rings. The summed E-state index contributed by atoms with van der Waals surface area (Å²) >= 11 is 0. The van der Waals surface area contributed by atoms with Gasteiger partial charge in [-0.1, -0.05) is 6.92 Å². The Labute approximate surface area is 108 Å². The summed E-state index contributed by atoms with van der Waals surface area (Å²) < 4.78 is 5.99. The van der Waals surface area contributed by atoms with Crippen molar-refractivity contribution in [3.63, 3.8) is 0 Å². The first-order valence-corrected chi connectivity index (χ1v) is 6.40. The number of likely N-dealkylation sites (tertiary alicyclic amines) is 1. The lowest BCUT2D eigenvalue weighted by Crippen LogP contribution is -2.36. The highest BCUT2D eigenvalue weighted by Crippen LogP contribution is 2.24. The van der Waals surface area contributed by atoms with Gasteiger partial charge in [0.25, 0.3) is 0 Å². The van der Waals surface area contributed by atoms with Crippen molar-refractivity contribution in [3.05, 3.63) is 11.9 Å². The van der Waals surface area contributed by atoms with Gasteiger partial charge < -0.3 is 15.1 Å². The first-order chi connectivity index (χ1) is 8.74. The van der Waals surface area contributed by atoms with Crippen molar-refractivity contribution in [2.24, 2.45) is 5.84 Å². The van der Waals surface area contributed by atoms with Crippen molar-refractivity contribution in [1.82, 2.24) is 14.9 Å². The molecule has 6 heteroatoms. The summed E-state index contributed by atoms with van der Waals surface area (Å²) in [4.78, 5) is 10.6. The predicted octanol–water partition coefficient (Wildman–Crippen LogP) is 0.798. The van der Waals surface area contributed by atoms with E-state index in [4.69, 9.17) is 10.6 Å². The number of aromatic nitrogens is 2.